The zero-order valence-corrected chi connectivity index (χ0v) is 12.7. The largest absolute Gasteiger partial charge is 0.396 e. The van der Waals surface area contributed by atoms with Crippen LogP contribution in [0.1, 0.15) is 84.0 Å². The lowest BCUT2D eigenvalue weighted by Crippen LogP contribution is -2.25. The maximum atomic E-state index is 9.83. The highest BCUT2D eigenvalue weighted by molar-refractivity contribution is 4.67. The molecule has 0 rings (SSSR count). The van der Waals surface area contributed by atoms with Crippen molar-refractivity contribution in [2.24, 2.45) is 0 Å². The molecule has 3 nitrogen and oxygen atoms in total. The third-order valence-corrected chi connectivity index (χ3v) is 3.71. The first-order valence-electron chi connectivity index (χ1n) is 8.19. The van der Waals surface area contributed by atoms with Crippen molar-refractivity contribution in [1.29, 1.82) is 0 Å². The lowest BCUT2D eigenvalue weighted by Gasteiger charge is -2.17. The average Bonchev–Trinajstić information content (AvgIpc) is 2.42. The molecular formula is C16H34O3. The van der Waals surface area contributed by atoms with Gasteiger partial charge in [0.1, 0.15) is 0 Å². The zero-order valence-electron chi connectivity index (χ0n) is 12.7. The molecule has 0 heterocycles. The Hall–Kier alpha value is -0.120. The summed E-state index contributed by atoms with van der Waals surface area (Å²) >= 11 is 0. The second-order valence-electron chi connectivity index (χ2n) is 5.62. The topological polar surface area (TPSA) is 60.7 Å². The summed E-state index contributed by atoms with van der Waals surface area (Å²) in [4.78, 5) is 0. The smallest absolute Gasteiger partial charge is 0.0799 e. The van der Waals surface area contributed by atoms with Gasteiger partial charge >= 0.3 is 0 Å². The van der Waals surface area contributed by atoms with Gasteiger partial charge < -0.3 is 15.3 Å². The lowest BCUT2D eigenvalue weighted by molar-refractivity contribution is 0.00709. The number of hydrogen-bond donors (Lipinski definition) is 3. The predicted octanol–water partition coefficient (Wildman–Crippen LogP) is 3.40. The SMILES string of the molecule is CCCCCCCC[C@H](O)[C@H](O)CCCCCCO. The molecule has 0 spiro atoms. The normalized spacial score (nSPS) is 14.5. The Balaban J connectivity index is 3.35. The summed E-state index contributed by atoms with van der Waals surface area (Å²) in [5.74, 6) is 0. The van der Waals surface area contributed by atoms with Gasteiger partial charge in [0.25, 0.3) is 0 Å². The first-order valence-corrected chi connectivity index (χ1v) is 8.19. The van der Waals surface area contributed by atoms with E-state index >= 15 is 0 Å². The maximum Gasteiger partial charge on any atom is 0.0799 e. The van der Waals surface area contributed by atoms with Crippen LogP contribution >= 0.6 is 0 Å². The van der Waals surface area contributed by atoms with E-state index in [0.717, 1.165) is 38.5 Å². The van der Waals surface area contributed by atoms with Gasteiger partial charge in [-0.1, -0.05) is 64.7 Å². The Bertz CT molecular complexity index is 173. The maximum absolute atomic E-state index is 9.83. The van der Waals surface area contributed by atoms with Crippen LogP contribution in [0.25, 0.3) is 0 Å². The molecule has 3 N–H and O–H groups in total. The summed E-state index contributed by atoms with van der Waals surface area (Å²) in [6.07, 6.45) is 11.4. The molecule has 0 aromatic carbocycles. The summed E-state index contributed by atoms with van der Waals surface area (Å²) in [6.45, 7) is 2.46. The van der Waals surface area contributed by atoms with Crippen LogP contribution in [0.4, 0.5) is 0 Å². The van der Waals surface area contributed by atoms with Gasteiger partial charge in [0.2, 0.25) is 0 Å². The van der Waals surface area contributed by atoms with Crippen molar-refractivity contribution >= 4 is 0 Å². The fourth-order valence-corrected chi connectivity index (χ4v) is 2.34. The van der Waals surface area contributed by atoms with Crippen LogP contribution in [0.5, 0.6) is 0 Å². The van der Waals surface area contributed by atoms with E-state index in [1.54, 1.807) is 0 Å². The Kier molecular flexibility index (Phi) is 14.2. The molecule has 0 aromatic rings. The second kappa shape index (κ2) is 14.3. The number of rotatable bonds is 14. The molecule has 0 aliphatic rings. The third kappa shape index (κ3) is 12.6. The van der Waals surface area contributed by atoms with Crippen molar-refractivity contribution in [3.63, 3.8) is 0 Å². The first kappa shape index (κ1) is 18.9. The van der Waals surface area contributed by atoms with E-state index in [9.17, 15) is 10.2 Å². The van der Waals surface area contributed by atoms with E-state index in [-0.39, 0.29) is 6.61 Å². The van der Waals surface area contributed by atoms with E-state index in [0.29, 0.717) is 6.42 Å². The van der Waals surface area contributed by atoms with Gasteiger partial charge in [-0.2, -0.15) is 0 Å². The molecule has 0 unspecified atom stereocenters. The highest BCUT2D eigenvalue weighted by atomic mass is 16.3. The molecule has 3 heteroatoms. The predicted molar refractivity (Wildman–Crippen MR) is 80.2 cm³/mol. The van der Waals surface area contributed by atoms with Gasteiger partial charge in [0.05, 0.1) is 12.2 Å². The van der Waals surface area contributed by atoms with Crippen molar-refractivity contribution in [3.8, 4) is 0 Å². The van der Waals surface area contributed by atoms with E-state index in [2.05, 4.69) is 6.92 Å². The van der Waals surface area contributed by atoms with Crippen LogP contribution in [0, 0.1) is 0 Å². The standard InChI is InChI=1S/C16H34O3/c1-2-3-4-5-6-9-12-15(18)16(19)13-10-7-8-11-14-17/h15-19H,2-14H2,1H3/t15-,16+/m0/s1. The van der Waals surface area contributed by atoms with Crippen molar-refractivity contribution in [1.82, 2.24) is 0 Å². The Morgan fingerprint density at radius 2 is 1.05 bits per heavy atom. The zero-order chi connectivity index (χ0) is 14.3. The van der Waals surface area contributed by atoms with Gasteiger partial charge in [-0.05, 0) is 19.3 Å². The minimum absolute atomic E-state index is 0.253. The summed E-state index contributed by atoms with van der Waals surface area (Å²) < 4.78 is 0. The molecule has 0 radical (unpaired) electrons. The number of aliphatic hydroxyl groups is 3. The molecular weight excluding hydrogens is 240 g/mol. The highest BCUT2D eigenvalue weighted by Gasteiger charge is 2.14. The minimum atomic E-state index is -0.565. The van der Waals surface area contributed by atoms with Gasteiger partial charge in [-0.15, -0.1) is 0 Å². The lowest BCUT2D eigenvalue weighted by atomic mass is 10.00. The average molecular weight is 274 g/mol. The Morgan fingerprint density at radius 3 is 1.53 bits per heavy atom. The molecule has 116 valence electrons. The van der Waals surface area contributed by atoms with Crippen LogP contribution < -0.4 is 0 Å². The van der Waals surface area contributed by atoms with Crippen LogP contribution in [-0.2, 0) is 0 Å². The summed E-state index contributed by atoms with van der Waals surface area (Å²) in [5, 5.41) is 28.3. The number of aliphatic hydroxyl groups excluding tert-OH is 3. The van der Waals surface area contributed by atoms with Gasteiger partial charge in [-0.25, -0.2) is 0 Å². The summed E-state index contributed by atoms with van der Waals surface area (Å²) in [7, 11) is 0. The molecule has 0 fully saturated rings. The quantitative estimate of drug-likeness (QED) is 0.425. The first-order chi connectivity index (χ1) is 9.22. The second-order valence-corrected chi connectivity index (χ2v) is 5.62. The summed E-state index contributed by atoms with van der Waals surface area (Å²) in [5.41, 5.74) is 0. The van der Waals surface area contributed by atoms with Crippen molar-refractivity contribution in [2.45, 2.75) is 96.2 Å². The van der Waals surface area contributed by atoms with Crippen LogP contribution in [0.2, 0.25) is 0 Å². The Labute approximate surface area is 119 Å². The summed E-state index contributed by atoms with van der Waals surface area (Å²) in [6, 6.07) is 0. The van der Waals surface area contributed by atoms with Crippen LogP contribution in [0.3, 0.4) is 0 Å². The van der Waals surface area contributed by atoms with Crippen molar-refractivity contribution in [3.05, 3.63) is 0 Å². The molecule has 0 bridgehead atoms. The number of hydrogen-bond acceptors (Lipinski definition) is 3. The van der Waals surface area contributed by atoms with E-state index < -0.39 is 12.2 Å². The van der Waals surface area contributed by atoms with E-state index in [1.807, 2.05) is 0 Å². The van der Waals surface area contributed by atoms with Crippen LogP contribution in [0.15, 0.2) is 0 Å². The monoisotopic (exact) mass is 274 g/mol. The van der Waals surface area contributed by atoms with Gasteiger partial charge in [-0.3, -0.25) is 0 Å². The van der Waals surface area contributed by atoms with Crippen molar-refractivity contribution in [2.75, 3.05) is 6.61 Å². The molecule has 2 atom stereocenters. The molecule has 0 saturated heterocycles. The minimum Gasteiger partial charge on any atom is -0.396 e. The third-order valence-electron chi connectivity index (χ3n) is 3.71. The number of unbranched alkanes of at least 4 members (excludes halogenated alkanes) is 8. The Morgan fingerprint density at radius 1 is 0.632 bits per heavy atom. The molecule has 0 saturated carbocycles. The van der Waals surface area contributed by atoms with Crippen molar-refractivity contribution < 1.29 is 15.3 Å². The van der Waals surface area contributed by atoms with Crippen LogP contribution in [-0.4, -0.2) is 34.1 Å². The fourth-order valence-electron chi connectivity index (χ4n) is 2.34. The molecule has 0 aliphatic heterocycles. The molecule has 0 amide bonds. The van der Waals surface area contributed by atoms with Gasteiger partial charge in [0.15, 0.2) is 0 Å². The molecule has 19 heavy (non-hydrogen) atoms. The van der Waals surface area contributed by atoms with E-state index in [1.165, 1.54) is 32.1 Å². The van der Waals surface area contributed by atoms with Gasteiger partial charge in [0, 0.05) is 6.61 Å². The fraction of sp³-hybridized carbons (Fsp3) is 1.00. The molecule has 0 aliphatic carbocycles. The highest BCUT2D eigenvalue weighted by Crippen LogP contribution is 2.14. The molecule has 0 aromatic heterocycles. The van der Waals surface area contributed by atoms with E-state index in [4.69, 9.17) is 5.11 Å².